The highest BCUT2D eigenvalue weighted by atomic mass is 16.5. The minimum absolute atomic E-state index is 0.516. The molecule has 0 amide bonds. The molecule has 122 valence electrons. The molecule has 5 nitrogen and oxygen atoms in total. The standard InChI is InChI=1S/C19H20N4O/c20-19(14-17-16-8-4-5-9-18(16)24-21-17)23-12-10-22(11-13-23)15-6-2-1-3-7-15/h1-9,20H,10-14H2. The molecule has 2 heterocycles. The molecule has 1 aliphatic rings. The molecule has 0 unspecified atom stereocenters. The summed E-state index contributed by atoms with van der Waals surface area (Å²) in [6, 6.07) is 18.3. The molecule has 0 spiro atoms. The number of piperazine rings is 1. The second-order valence-corrected chi connectivity index (χ2v) is 6.06. The molecule has 1 fully saturated rings. The number of aromatic nitrogens is 1. The first-order valence-corrected chi connectivity index (χ1v) is 8.27. The largest absolute Gasteiger partial charge is 0.368 e. The van der Waals surface area contributed by atoms with E-state index < -0.39 is 0 Å². The van der Waals surface area contributed by atoms with Crippen molar-refractivity contribution in [2.45, 2.75) is 6.42 Å². The van der Waals surface area contributed by atoms with Crippen molar-refractivity contribution >= 4 is 22.5 Å². The van der Waals surface area contributed by atoms with Crippen molar-refractivity contribution in [2.24, 2.45) is 0 Å². The Morgan fingerprint density at radius 3 is 2.46 bits per heavy atom. The van der Waals surface area contributed by atoms with Crippen molar-refractivity contribution < 1.29 is 4.52 Å². The Balaban J connectivity index is 1.40. The van der Waals surface area contributed by atoms with Crippen LogP contribution in [0.2, 0.25) is 0 Å². The van der Waals surface area contributed by atoms with E-state index in [0.717, 1.165) is 42.8 Å². The number of benzene rings is 2. The van der Waals surface area contributed by atoms with Gasteiger partial charge in [-0.3, -0.25) is 5.41 Å². The van der Waals surface area contributed by atoms with Gasteiger partial charge in [-0.2, -0.15) is 0 Å². The Hall–Kier alpha value is -2.82. The summed E-state index contributed by atoms with van der Waals surface area (Å²) in [5.41, 5.74) is 2.89. The Morgan fingerprint density at radius 1 is 0.958 bits per heavy atom. The van der Waals surface area contributed by atoms with Gasteiger partial charge in [0.25, 0.3) is 0 Å². The highest BCUT2D eigenvalue weighted by Gasteiger charge is 2.20. The van der Waals surface area contributed by atoms with E-state index in [2.05, 4.69) is 39.2 Å². The molecule has 0 saturated carbocycles. The van der Waals surface area contributed by atoms with Crippen LogP contribution in [0, 0.1) is 5.41 Å². The van der Waals surface area contributed by atoms with Crippen molar-refractivity contribution in [1.82, 2.24) is 10.1 Å². The van der Waals surface area contributed by atoms with Gasteiger partial charge in [-0.15, -0.1) is 0 Å². The van der Waals surface area contributed by atoms with E-state index >= 15 is 0 Å². The Bertz CT molecular complexity index is 835. The summed E-state index contributed by atoms with van der Waals surface area (Å²) in [6.45, 7) is 3.60. The van der Waals surface area contributed by atoms with Crippen LogP contribution in [0.1, 0.15) is 5.69 Å². The highest BCUT2D eigenvalue weighted by molar-refractivity contribution is 5.87. The lowest BCUT2D eigenvalue weighted by molar-refractivity contribution is 0.377. The first-order valence-electron chi connectivity index (χ1n) is 8.27. The van der Waals surface area contributed by atoms with Gasteiger partial charge >= 0.3 is 0 Å². The lowest BCUT2D eigenvalue weighted by atomic mass is 10.1. The second-order valence-electron chi connectivity index (χ2n) is 6.06. The van der Waals surface area contributed by atoms with Crippen LogP contribution in [0.25, 0.3) is 11.0 Å². The summed E-state index contributed by atoms with van der Waals surface area (Å²) in [5.74, 6) is 0.613. The SMILES string of the molecule is N=C(Cc1noc2ccccc12)N1CCN(c2ccccc2)CC1. The smallest absolute Gasteiger partial charge is 0.167 e. The number of hydrogen-bond acceptors (Lipinski definition) is 4. The quantitative estimate of drug-likeness (QED) is 0.595. The number of nitrogens with one attached hydrogen (secondary N) is 1. The van der Waals surface area contributed by atoms with Crippen molar-refractivity contribution in [3.05, 3.63) is 60.3 Å². The minimum atomic E-state index is 0.516. The predicted molar refractivity (Wildman–Crippen MR) is 95.7 cm³/mol. The first-order chi connectivity index (χ1) is 11.8. The van der Waals surface area contributed by atoms with Gasteiger partial charge in [0, 0.05) is 37.3 Å². The molecule has 0 radical (unpaired) electrons. The number of anilines is 1. The fourth-order valence-corrected chi connectivity index (χ4v) is 3.21. The van der Waals surface area contributed by atoms with Gasteiger partial charge in [0.05, 0.1) is 12.1 Å². The summed E-state index contributed by atoms with van der Waals surface area (Å²) in [6.07, 6.45) is 0.516. The first kappa shape index (κ1) is 14.8. The highest BCUT2D eigenvalue weighted by Crippen LogP contribution is 2.20. The van der Waals surface area contributed by atoms with Gasteiger partial charge in [0.2, 0.25) is 0 Å². The molecule has 4 rings (SSSR count). The van der Waals surface area contributed by atoms with E-state index in [1.54, 1.807) is 0 Å². The van der Waals surface area contributed by atoms with Crippen molar-refractivity contribution in [3.8, 4) is 0 Å². The molecule has 0 bridgehead atoms. The van der Waals surface area contributed by atoms with Crippen LogP contribution in [0.3, 0.4) is 0 Å². The van der Waals surface area contributed by atoms with Crippen LogP contribution < -0.4 is 4.90 Å². The fourth-order valence-electron chi connectivity index (χ4n) is 3.21. The van der Waals surface area contributed by atoms with Gasteiger partial charge in [0.15, 0.2) is 5.58 Å². The zero-order valence-electron chi connectivity index (χ0n) is 13.5. The van der Waals surface area contributed by atoms with Crippen molar-refractivity contribution in [3.63, 3.8) is 0 Å². The molecule has 1 aromatic heterocycles. The third-order valence-corrected chi connectivity index (χ3v) is 4.57. The summed E-state index contributed by atoms with van der Waals surface area (Å²) >= 11 is 0. The topological polar surface area (TPSA) is 56.4 Å². The van der Waals surface area contributed by atoms with Gasteiger partial charge in [0.1, 0.15) is 5.84 Å². The lowest BCUT2D eigenvalue weighted by Crippen LogP contribution is -2.49. The molecule has 1 saturated heterocycles. The molecule has 0 aliphatic carbocycles. The predicted octanol–water partition coefficient (Wildman–Crippen LogP) is 3.17. The molecule has 2 aromatic carbocycles. The molecule has 0 atom stereocenters. The van der Waals surface area contributed by atoms with E-state index in [9.17, 15) is 0 Å². The molecular weight excluding hydrogens is 300 g/mol. The van der Waals surface area contributed by atoms with Gasteiger partial charge in [-0.1, -0.05) is 35.5 Å². The van der Waals surface area contributed by atoms with Crippen LogP contribution in [-0.4, -0.2) is 42.1 Å². The zero-order chi connectivity index (χ0) is 16.4. The van der Waals surface area contributed by atoms with E-state index in [0.29, 0.717) is 12.3 Å². The third-order valence-electron chi connectivity index (χ3n) is 4.57. The molecule has 24 heavy (non-hydrogen) atoms. The number of amidine groups is 1. The molecule has 1 N–H and O–H groups in total. The Kier molecular flexibility index (Phi) is 3.91. The number of nitrogens with zero attached hydrogens (tertiary/aromatic N) is 3. The molecular formula is C19H20N4O. The van der Waals surface area contributed by atoms with Crippen LogP contribution in [0.15, 0.2) is 59.1 Å². The second kappa shape index (κ2) is 6.35. The van der Waals surface area contributed by atoms with Crippen LogP contribution >= 0.6 is 0 Å². The van der Waals surface area contributed by atoms with Crippen LogP contribution in [-0.2, 0) is 6.42 Å². The lowest BCUT2D eigenvalue weighted by Gasteiger charge is -2.37. The average Bonchev–Trinajstić information content (AvgIpc) is 3.06. The monoisotopic (exact) mass is 320 g/mol. The maximum absolute atomic E-state index is 8.43. The average molecular weight is 320 g/mol. The molecule has 1 aliphatic heterocycles. The van der Waals surface area contributed by atoms with Gasteiger partial charge < -0.3 is 14.3 Å². The van der Waals surface area contributed by atoms with E-state index in [4.69, 9.17) is 9.93 Å². The van der Waals surface area contributed by atoms with Gasteiger partial charge in [-0.25, -0.2) is 0 Å². The Labute approximate surface area is 141 Å². The van der Waals surface area contributed by atoms with E-state index in [1.807, 2.05) is 30.3 Å². The van der Waals surface area contributed by atoms with Gasteiger partial charge in [-0.05, 0) is 24.3 Å². The molecule has 5 heteroatoms. The maximum atomic E-state index is 8.43. The Morgan fingerprint density at radius 2 is 1.67 bits per heavy atom. The zero-order valence-corrected chi connectivity index (χ0v) is 13.5. The van der Waals surface area contributed by atoms with Crippen LogP contribution in [0.4, 0.5) is 5.69 Å². The van der Waals surface area contributed by atoms with E-state index in [1.165, 1.54) is 5.69 Å². The maximum Gasteiger partial charge on any atom is 0.167 e. The summed E-state index contributed by atoms with van der Waals surface area (Å²) in [4.78, 5) is 4.51. The van der Waals surface area contributed by atoms with Crippen molar-refractivity contribution in [2.75, 3.05) is 31.1 Å². The minimum Gasteiger partial charge on any atom is -0.368 e. The summed E-state index contributed by atoms with van der Waals surface area (Å²) < 4.78 is 5.34. The number of para-hydroxylation sites is 2. The summed E-state index contributed by atoms with van der Waals surface area (Å²) in [5, 5.41) is 13.6. The summed E-state index contributed by atoms with van der Waals surface area (Å²) in [7, 11) is 0. The fraction of sp³-hybridized carbons (Fsp3) is 0.263. The normalized spacial score (nSPS) is 15.0. The van der Waals surface area contributed by atoms with Crippen LogP contribution in [0.5, 0.6) is 0 Å². The van der Waals surface area contributed by atoms with E-state index in [-0.39, 0.29) is 0 Å². The third kappa shape index (κ3) is 2.85. The van der Waals surface area contributed by atoms with Crippen molar-refractivity contribution in [1.29, 1.82) is 5.41 Å². The number of rotatable bonds is 3. The number of hydrogen-bond donors (Lipinski definition) is 1. The molecule has 3 aromatic rings. The number of fused-ring (bicyclic) bond motifs is 1.